The largest absolute Gasteiger partial charge is 0.397 e. The lowest BCUT2D eigenvalue weighted by Crippen LogP contribution is -2.11. The molecular formula is C13H17N3S. The summed E-state index contributed by atoms with van der Waals surface area (Å²) in [4.78, 5) is 4.57. The molecule has 1 aromatic carbocycles. The Balaban J connectivity index is 2.21. The fourth-order valence-electron chi connectivity index (χ4n) is 1.40. The maximum Gasteiger partial charge on any atom is 0.187 e. The lowest BCUT2D eigenvalue weighted by molar-refractivity contribution is 0.573. The Hall–Kier alpha value is -1.55. The molecule has 0 fully saturated rings. The van der Waals surface area contributed by atoms with Crippen LogP contribution in [0.1, 0.15) is 26.5 Å². The molecule has 2 aromatic rings. The van der Waals surface area contributed by atoms with E-state index in [1.807, 2.05) is 24.3 Å². The Morgan fingerprint density at radius 1 is 1.24 bits per heavy atom. The van der Waals surface area contributed by atoms with Crippen LogP contribution in [0.15, 0.2) is 29.6 Å². The van der Waals surface area contributed by atoms with Gasteiger partial charge in [-0.1, -0.05) is 32.9 Å². The highest BCUT2D eigenvalue weighted by atomic mass is 32.1. The van der Waals surface area contributed by atoms with Crippen molar-refractivity contribution in [1.29, 1.82) is 0 Å². The van der Waals surface area contributed by atoms with Gasteiger partial charge in [0.25, 0.3) is 0 Å². The molecule has 0 amide bonds. The number of rotatable bonds is 2. The molecule has 17 heavy (non-hydrogen) atoms. The Morgan fingerprint density at radius 3 is 2.53 bits per heavy atom. The molecule has 90 valence electrons. The third-order valence-electron chi connectivity index (χ3n) is 2.47. The Morgan fingerprint density at radius 2 is 1.94 bits per heavy atom. The molecular weight excluding hydrogens is 230 g/mol. The maximum atomic E-state index is 5.88. The summed E-state index contributed by atoms with van der Waals surface area (Å²) >= 11 is 1.60. The molecule has 0 bridgehead atoms. The minimum atomic E-state index is 0.0820. The van der Waals surface area contributed by atoms with E-state index in [9.17, 15) is 0 Å². The molecule has 0 unspecified atom stereocenters. The SMILES string of the molecule is CC(C)(C)c1csc(Nc2ccccc2N)n1. The number of para-hydroxylation sites is 2. The van der Waals surface area contributed by atoms with Crippen molar-refractivity contribution in [2.75, 3.05) is 11.1 Å². The number of nitrogens with one attached hydrogen (secondary N) is 1. The first kappa shape index (κ1) is 11.9. The molecule has 0 aliphatic heterocycles. The van der Waals surface area contributed by atoms with Crippen molar-refractivity contribution >= 4 is 27.8 Å². The topological polar surface area (TPSA) is 50.9 Å². The number of benzene rings is 1. The van der Waals surface area contributed by atoms with Crippen LogP contribution >= 0.6 is 11.3 Å². The fraction of sp³-hybridized carbons (Fsp3) is 0.308. The molecule has 0 aliphatic rings. The van der Waals surface area contributed by atoms with Gasteiger partial charge in [-0.2, -0.15) is 0 Å². The second-order valence-corrected chi connectivity index (χ2v) is 5.86. The molecule has 3 N–H and O–H groups in total. The zero-order valence-electron chi connectivity index (χ0n) is 10.3. The van der Waals surface area contributed by atoms with Crippen molar-refractivity contribution in [3.05, 3.63) is 35.3 Å². The fourth-order valence-corrected chi connectivity index (χ4v) is 2.35. The smallest absolute Gasteiger partial charge is 0.187 e. The van der Waals surface area contributed by atoms with E-state index in [0.717, 1.165) is 22.2 Å². The van der Waals surface area contributed by atoms with Gasteiger partial charge in [0.1, 0.15) is 0 Å². The first-order chi connectivity index (χ1) is 7.97. The van der Waals surface area contributed by atoms with Crippen LogP contribution in [0.4, 0.5) is 16.5 Å². The van der Waals surface area contributed by atoms with Crippen molar-refractivity contribution in [1.82, 2.24) is 4.98 Å². The number of nitrogens with zero attached hydrogens (tertiary/aromatic N) is 1. The van der Waals surface area contributed by atoms with E-state index in [4.69, 9.17) is 5.73 Å². The van der Waals surface area contributed by atoms with Crippen LogP contribution in [0.3, 0.4) is 0 Å². The van der Waals surface area contributed by atoms with Crippen LogP contribution in [-0.4, -0.2) is 4.98 Å². The summed E-state index contributed by atoms with van der Waals surface area (Å²) in [6.07, 6.45) is 0. The molecule has 0 atom stereocenters. The van der Waals surface area contributed by atoms with Crippen molar-refractivity contribution in [2.45, 2.75) is 26.2 Å². The first-order valence-corrected chi connectivity index (χ1v) is 6.42. The van der Waals surface area contributed by atoms with Crippen LogP contribution < -0.4 is 11.1 Å². The summed E-state index contributed by atoms with van der Waals surface area (Å²) in [6, 6.07) is 7.70. The Bertz CT molecular complexity index is 511. The van der Waals surface area contributed by atoms with Gasteiger partial charge in [0.2, 0.25) is 0 Å². The van der Waals surface area contributed by atoms with E-state index in [1.165, 1.54) is 0 Å². The van der Waals surface area contributed by atoms with Gasteiger partial charge in [0, 0.05) is 10.8 Å². The first-order valence-electron chi connectivity index (χ1n) is 5.54. The zero-order valence-corrected chi connectivity index (χ0v) is 11.1. The maximum absolute atomic E-state index is 5.88. The lowest BCUT2D eigenvalue weighted by atomic mass is 9.93. The minimum absolute atomic E-state index is 0.0820. The van der Waals surface area contributed by atoms with Crippen molar-refractivity contribution < 1.29 is 0 Å². The van der Waals surface area contributed by atoms with Crippen LogP contribution in [0.2, 0.25) is 0 Å². The van der Waals surface area contributed by atoms with Crippen LogP contribution in [-0.2, 0) is 5.41 Å². The van der Waals surface area contributed by atoms with E-state index in [2.05, 4.69) is 36.5 Å². The van der Waals surface area contributed by atoms with Gasteiger partial charge < -0.3 is 11.1 Å². The van der Waals surface area contributed by atoms with Crippen LogP contribution in [0.5, 0.6) is 0 Å². The number of anilines is 3. The molecule has 2 rings (SSSR count). The predicted molar refractivity (Wildman–Crippen MR) is 75.0 cm³/mol. The van der Waals surface area contributed by atoms with Gasteiger partial charge in [-0.3, -0.25) is 0 Å². The molecule has 1 heterocycles. The Labute approximate surface area is 106 Å². The average molecular weight is 247 g/mol. The molecule has 0 radical (unpaired) electrons. The van der Waals surface area contributed by atoms with E-state index < -0.39 is 0 Å². The third-order valence-corrected chi connectivity index (χ3v) is 3.23. The van der Waals surface area contributed by atoms with Crippen molar-refractivity contribution in [2.24, 2.45) is 0 Å². The highest BCUT2D eigenvalue weighted by Gasteiger charge is 2.17. The number of hydrogen-bond acceptors (Lipinski definition) is 4. The zero-order chi connectivity index (χ0) is 12.5. The quantitative estimate of drug-likeness (QED) is 0.794. The second kappa shape index (κ2) is 4.37. The van der Waals surface area contributed by atoms with Gasteiger partial charge in [-0.05, 0) is 12.1 Å². The standard InChI is InChI=1S/C13H17N3S/c1-13(2,3)11-8-17-12(16-11)15-10-7-5-4-6-9(10)14/h4-8H,14H2,1-3H3,(H,15,16). The van der Waals surface area contributed by atoms with E-state index in [0.29, 0.717) is 0 Å². The van der Waals surface area contributed by atoms with E-state index in [1.54, 1.807) is 11.3 Å². The number of nitrogen functional groups attached to an aromatic ring is 1. The molecule has 0 aliphatic carbocycles. The number of nitrogens with two attached hydrogens (primary N) is 1. The van der Waals surface area contributed by atoms with Crippen molar-refractivity contribution in [3.8, 4) is 0 Å². The van der Waals surface area contributed by atoms with E-state index in [-0.39, 0.29) is 5.41 Å². The lowest BCUT2D eigenvalue weighted by Gasteiger charge is -2.14. The van der Waals surface area contributed by atoms with Gasteiger partial charge in [0.05, 0.1) is 17.1 Å². The molecule has 3 nitrogen and oxygen atoms in total. The molecule has 0 saturated heterocycles. The number of aromatic nitrogens is 1. The van der Waals surface area contributed by atoms with Gasteiger partial charge >= 0.3 is 0 Å². The summed E-state index contributed by atoms with van der Waals surface area (Å²) in [6.45, 7) is 6.47. The number of hydrogen-bond donors (Lipinski definition) is 2. The monoisotopic (exact) mass is 247 g/mol. The van der Waals surface area contributed by atoms with Gasteiger partial charge in [0.15, 0.2) is 5.13 Å². The van der Waals surface area contributed by atoms with Gasteiger partial charge in [-0.25, -0.2) is 4.98 Å². The van der Waals surface area contributed by atoms with E-state index >= 15 is 0 Å². The summed E-state index contributed by atoms with van der Waals surface area (Å²) in [5.74, 6) is 0. The number of thiazole rings is 1. The average Bonchev–Trinajstić information content (AvgIpc) is 2.69. The summed E-state index contributed by atoms with van der Waals surface area (Å²) in [5.41, 5.74) is 8.70. The highest BCUT2D eigenvalue weighted by molar-refractivity contribution is 7.13. The highest BCUT2D eigenvalue weighted by Crippen LogP contribution is 2.29. The molecule has 1 aromatic heterocycles. The third kappa shape index (κ3) is 2.77. The Kier molecular flexibility index (Phi) is 3.07. The minimum Gasteiger partial charge on any atom is -0.397 e. The predicted octanol–water partition coefficient (Wildman–Crippen LogP) is 3.77. The molecule has 0 spiro atoms. The summed E-state index contributed by atoms with van der Waals surface area (Å²) in [5, 5.41) is 6.21. The van der Waals surface area contributed by atoms with Crippen LogP contribution in [0, 0.1) is 0 Å². The van der Waals surface area contributed by atoms with Crippen molar-refractivity contribution in [3.63, 3.8) is 0 Å². The molecule has 0 saturated carbocycles. The van der Waals surface area contributed by atoms with Crippen LogP contribution in [0.25, 0.3) is 0 Å². The summed E-state index contributed by atoms with van der Waals surface area (Å²) in [7, 11) is 0. The normalized spacial score (nSPS) is 11.5. The molecule has 4 heteroatoms. The van der Waals surface area contributed by atoms with Gasteiger partial charge in [-0.15, -0.1) is 11.3 Å². The summed E-state index contributed by atoms with van der Waals surface area (Å²) < 4.78 is 0. The second-order valence-electron chi connectivity index (χ2n) is 5.00.